The van der Waals surface area contributed by atoms with E-state index in [0.717, 1.165) is 22.5 Å². The van der Waals surface area contributed by atoms with Crippen LogP contribution in [0.5, 0.6) is 5.75 Å². The van der Waals surface area contributed by atoms with Crippen molar-refractivity contribution in [2.24, 2.45) is 4.99 Å². The van der Waals surface area contributed by atoms with Crippen molar-refractivity contribution in [1.82, 2.24) is 0 Å². The van der Waals surface area contributed by atoms with Crippen molar-refractivity contribution in [2.45, 2.75) is 6.61 Å². The summed E-state index contributed by atoms with van der Waals surface area (Å²) in [6.07, 6.45) is 1.82. The van der Waals surface area contributed by atoms with Crippen LogP contribution in [0.25, 0.3) is 6.08 Å². The van der Waals surface area contributed by atoms with Gasteiger partial charge in [-0.2, -0.15) is 0 Å². The van der Waals surface area contributed by atoms with E-state index in [2.05, 4.69) is 0 Å². The Bertz CT molecular complexity index is 1400. The first-order valence-electron chi connectivity index (χ1n) is 11.1. The fourth-order valence-corrected chi connectivity index (χ4v) is 4.62. The Morgan fingerprint density at radius 3 is 2.34 bits per heavy atom. The van der Waals surface area contributed by atoms with Crippen LogP contribution in [-0.2, 0) is 11.4 Å². The van der Waals surface area contributed by atoms with Gasteiger partial charge < -0.3 is 4.74 Å². The van der Waals surface area contributed by atoms with E-state index < -0.39 is 0 Å². The SMILES string of the molecule is O=C1/C(=C\c2ccccc2OCc2cccc(F)c2)SC(=Nc2ccccc2)N1c1ccccc1. The summed E-state index contributed by atoms with van der Waals surface area (Å²) < 4.78 is 19.5. The van der Waals surface area contributed by atoms with Gasteiger partial charge in [-0.25, -0.2) is 9.38 Å². The molecule has 35 heavy (non-hydrogen) atoms. The number of carbonyl (C=O) groups is 1. The second-order valence-corrected chi connectivity index (χ2v) is 8.78. The van der Waals surface area contributed by atoms with Gasteiger partial charge in [0.1, 0.15) is 18.2 Å². The molecule has 1 amide bonds. The quantitative estimate of drug-likeness (QED) is 0.274. The topological polar surface area (TPSA) is 41.9 Å². The molecule has 1 saturated heterocycles. The van der Waals surface area contributed by atoms with Gasteiger partial charge in [0.15, 0.2) is 5.17 Å². The van der Waals surface area contributed by atoms with Gasteiger partial charge in [-0.05, 0) is 65.9 Å². The van der Waals surface area contributed by atoms with Crippen LogP contribution >= 0.6 is 11.8 Å². The molecule has 0 N–H and O–H groups in total. The third-order valence-corrected chi connectivity index (χ3v) is 6.26. The normalized spacial score (nSPS) is 15.7. The van der Waals surface area contributed by atoms with Crippen LogP contribution in [0.15, 0.2) is 119 Å². The van der Waals surface area contributed by atoms with Crippen LogP contribution < -0.4 is 9.64 Å². The summed E-state index contributed by atoms with van der Waals surface area (Å²) in [5.41, 5.74) is 3.00. The summed E-state index contributed by atoms with van der Waals surface area (Å²) in [5, 5.41) is 0.580. The lowest BCUT2D eigenvalue weighted by atomic mass is 10.1. The lowest BCUT2D eigenvalue weighted by Gasteiger charge is -2.15. The molecule has 0 saturated carbocycles. The molecule has 0 atom stereocenters. The van der Waals surface area contributed by atoms with Crippen LogP contribution in [0, 0.1) is 5.82 Å². The standard InChI is InChI=1S/C29H21FN2O2S/c30-23-12-9-10-21(18-23)20-34-26-17-8-7-11-22(26)19-27-28(33)32(25-15-5-2-6-16-25)29(35-27)31-24-13-3-1-4-14-24/h1-19H,20H2/b27-19+,31-29?. The Hall–Kier alpha value is -4.16. The zero-order chi connectivity index (χ0) is 24.0. The average molecular weight is 481 g/mol. The van der Waals surface area contributed by atoms with Gasteiger partial charge in [0.2, 0.25) is 0 Å². The number of benzene rings is 4. The van der Waals surface area contributed by atoms with Gasteiger partial charge in [0.25, 0.3) is 5.91 Å². The third kappa shape index (κ3) is 5.34. The summed E-state index contributed by atoms with van der Waals surface area (Å²) in [7, 11) is 0. The molecule has 0 bridgehead atoms. The van der Waals surface area contributed by atoms with Crippen molar-refractivity contribution in [2.75, 3.05) is 4.90 Å². The number of ether oxygens (including phenoxy) is 1. The summed E-state index contributed by atoms with van der Waals surface area (Å²) in [5.74, 6) is 0.147. The Labute approximate surface area is 207 Å². The minimum absolute atomic E-state index is 0.157. The molecule has 1 fully saturated rings. The van der Waals surface area contributed by atoms with E-state index in [0.29, 0.717) is 15.8 Å². The fourth-order valence-electron chi connectivity index (χ4n) is 3.63. The number of rotatable bonds is 6. The Morgan fingerprint density at radius 1 is 0.857 bits per heavy atom. The molecular formula is C29H21FN2O2S. The Kier molecular flexibility index (Phi) is 6.73. The molecule has 0 unspecified atom stereocenters. The van der Waals surface area contributed by atoms with Crippen molar-refractivity contribution in [1.29, 1.82) is 0 Å². The van der Waals surface area contributed by atoms with Gasteiger partial charge in [-0.1, -0.05) is 66.7 Å². The average Bonchev–Trinajstić information content (AvgIpc) is 3.19. The first-order valence-corrected chi connectivity index (χ1v) is 11.9. The highest BCUT2D eigenvalue weighted by molar-refractivity contribution is 8.19. The van der Waals surface area contributed by atoms with E-state index in [9.17, 15) is 9.18 Å². The maximum Gasteiger partial charge on any atom is 0.271 e. The van der Waals surface area contributed by atoms with Crippen molar-refractivity contribution in [3.8, 4) is 5.75 Å². The maximum atomic E-state index is 13.5. The minimum atomic E-state index is -0.305. The van der Waals surface area contributed by atoms with Crippen LogP contribution in [0.4, 0.5) is 15.8 Å². The van der Waals surface area contributed by atoms with E-state index >= 15 is 0 Å². The number of aliphatic imine (C=N–C) groups is 1. The molecule has 4 nitrogen and oxygen atoms in total. The maximum absolute atomic E-state index is 13.5. The molecule has 0 aromatic heterocycles. The van der Waals surface area contributed by atoms with Gasteiger partial charge >= 0.3 is 0 Å². The van der Waals surface area contributed by atoms with E-state index in [1.165, 1.54) is 23.9 Å². The summed E-state index contributed by atoms with van der Waals surface area (Å²) >= 11 is 1.32. The largest absolute Gasteiger partial charge is 0.488 e. The molecule has 1 aliphatic heterocycles. The highest BCUT2D eigenvalue weighted by Gasteiger charge is 2.34. The summed E-state index contributed by atoms with van der Waals surface area (Å²) in [6, 6.07) is 32.8. The van der Waals surface area contributed by atoms with Gasteiger partial charge in [-0.15, -0.1) is 0 Å². The van der Waals surface area contributed by atoms with Crippen molar-refractivity contribution in [3.63, 3.8) is 0 Å². The lowest BCUT2D eigenvalue weighted by Crippen LogP contribution is -2.28. The molecule has 6 heteroatoms. The summed E-state index contributed by atoms with van der Waals surface area (Å²) in [6.45, 7) is 0.218. The van der Waals surface area contributed by atoms with Crippen LogP contribution in [0.3, 0.4) is 0 Å². The van der Waals surface area contributed by atoms with E-state index in [1.54, 1.807) is 11.0 Å². The molecule has 4 aromatic rings. The van der Waals surface area contributed by atoms with Crippen molar-refractivity contribution >= 4 is 40.3 Å². The number of para-hydroxylation sites is 3. The minimum Gasteiger partial charge on any atom is -0.488 e. The highest BCUT2D eigenvalue weighted by atomic mass is 32.2. The molecule has 1 aliphatic rings. The first kappa shape index (κ1) is 22.6. The van der Waals surface area contributed by atoms with Crippen LogP contribution in [0.2, 0.25) is 0 Å². The molecule has 4 aromatic carbocycles. The molecule has 0 aliphatic carbocycles. The van der Waals surface area contributed by atoms with Crippen molar-refractivity contribution < 1.29 is 13.9 Å². The third-order valence-electron chi connectivity index (χ3n) is 5.29. The predicted molar refractivity (Wildman–Crippen MR) is 140 cm³/mol. The highest BCUT2D eigenvalue weighted by Crippen LogP contribution is 2.38. The molecule has 0 radical (unpaired) electrons. The number of carbonyl (C=O) groups excluding carboxylic acids is 1. The zero-order valence-corrected chi connectivity index (χ0v) is 19.5. The Balaban J connectivity index is 1.47. The smallest absolute Gasteiger partial charge is 0.271 e. The summed E-state index contributed by atoms with van der Waals surface area (Å²) in [4.78, 5) is 20.4. The number of hydrogen-bond donors (Lipinski definition) is 0. The molecule has 172 valence electrons. The molecule has 0 spiro atoms. The van der Waals surface area contributed by atoms with Crippen LogP contribution in [-0.4, -0.2) is 11.1 Å². The van der Waals surface area contributed by atoms with Crippen molar-refractivity contribution in [3.05, 3.63) is 131 Å². The molecule has 1 heterocycles. The van der Waals surface area contributed by atoms with Gasteiger partial charge in [0, 0.05) is 5.56 Å². The fraction of sp³-hybridized carbons (Fsp3) is 0.0345. The molecule has 5 rings (SSSR count). The van der Waals surface area contributed by atoms with Gasteiger partial charge in [-0.3, -0.25) is 9.69 Å². The number of amides is 1. The van der Waals surface area contributed by atoms with Crippen LogP contribution in [0.1, 0.15) is 11.1 Å². The number of anilines is 1. The van der Waals surface area contributed by atoms with Gasteiger partial charge in [0.05, 0.1) is 16.3 Å². The Morgan fingerprint density at radius 2 is 1.57 bits per heavy atom. The number of amidine groups is 1. The first-order chi connectivity index (χ1) is 17.2. The lowest BCUT2D eigenvalue weighted by molar-refractivity contribution is -0.113. The van der Waals surface area contributed by atoms with E-state index in [1.807, 2.05) is 97.1 Å². The number of halogens is 1. The number of thioether (sulfide) groups is 1. The number of hydrogen-bond acceptors (Lipinski definition) is 4. The second kappa shape index (κ2) is 10.4. The zero-order valence-electron chi connectivity index (χ0n) is 18.7. The second-order valence-electron chi connectivity index (χ2n) is 7.77. The van der Waals surface area contributed by atoms with E-state index in [-0.39, 0.29) is 18.3 Å². The predicted octanol–water partition coefficient (Wildman–Crippen LogP) is 7.21. The van der Waals surface area contributed by atoms with E-state index in [4.69, 9.17) is 9.73 Å². The number of nitrogens with zero attached hydrogens (tertiary/aromatic N) is 2. The monoisotopic (exact) mass is 480 g/mol. The molecular weight excluding hydrogens is 459 g/mol.